The van der Waals surface area contributed by atoms with Crippen LogP contribution in [0, 0.1) is 17.8 Å². The molecule has 1 aliphatic heterocycles. The monoisotopic (exact) mass is 167 g/mol. The van der Waals surface area contributed by atoms with Crippen LogP contribution in [0.15, 0.2) is 0 Å². The minimum atomic E-state index is 0.957. The Balaban J connectivity index is 1.94. The maximum atomic E-state index is 2.51. The van der Waals surface area contributed by atoms with E-state index in [9.17, 15) is 0 Å². The predicted octanol–water partition coefficient (Wildman–Crippen LogP) is 2.37. The molecule has 2 unspecified atom stereocenters. The van der Waals surface area contributed by atoms with Crippen molar-refractivity contribution in [2.24, 2.45) is 17.8 Å². The highest BCUT2D eigenvalue weighted by molar-refractivity contribution is 4.86. The average Bonchev–Trinajstić information content (AvgIpc) is 2.58. The van der Waals surface area contributed by atoms with Crippen LogP contribution < -0.4 is 0 Å². The topological polar surface area (TPSA) is 3.24 Å². The third-order valence-corrected chi connectivity index (χ3v) is 3.86. The predicted molar refractivity (Wildman–Crippen MR) is 52.1 cm³/mol. The van der Waals surface area contributed by atoms with E-state index in [0.717, 1.165) is 17.8 Å². The molecule has 1 saturated carbocycles. The molecule has 1 heterocycles. The van der Waals surface area contributed by atoms with E-state index in [2.05, 4.69) is 18.9 Å². The Hall–Kier alpha value is -0.0400. The highest BCUT2D eigenvalue weighted by Crippen LogP contribution is 2.38. The van der Waals surface area contributed by atoms with E-state index in [4.69, 9.17) is 0 Å². The van der Waals surface area contributed by atoms with E-state index in [1.807, 2.05) is 0 Å². The summed E-state index contributed by atoms with van der Waals surface area (Å²) < 4.78 is 0. The first kappa shape index (κ1) is 8.55. The van der Waals surface area contributed by atoms with Crippen LogP contribution in [-0.4, -0.2) is 25.0 Å². The Bertz CT molecular complexity index is 149. The van der Waals surface area contributed by atoms with Gasteiger partial charge in [-0.2, -0.15) is 0 Å². The lowest BCUT2D eigenvalue weighted by Crippen LogP contribution is -2.19. The van der Waals surface area contributed by atoms with Gasteiger partial charge in [-0.1, -0.05) is 32.6 Å². The van der Waals surface area contributed by atoms with Gasteiger partial charge in [0.15, 0.2) is 0 Å². The molecule has 0 radical (unpaired) electrons. The summed E-state index contributed by atoms with van der Waals surface area (Å²) in [5.74, 6) is 3.06. The summed E-state index contributed by atoms with van der Waals surface area (Å²) in [4.78, 5) is 2.51. The molecule has 2 rings (SSSR count). The first-order valence-corrected chi connectivity index (χ1v) is 5.46. The fraction of sp³-hybridized carbons (Fsp3) is 1.00. The molecule has 0 bridgehead atoms. The molecular formula is C11H21N. The van der Waals surface area contributed by atoms with Crippen molar-refractivity contribution in [2.45, 2.75) is 32.6 Å². The minimum absolute atomic E-state index is 0.957. The van der Waals surface area contributed by atoms with Crippen molar-refractivity contribution in [1.82, 2.24) is 4.90 Å². The lowest BCUT2D eigenvalue weighted by atomic mass is 9.84. The van der Waals surface area contributed by atoms with Gasteiger partial charge < -0.3 is 4.90 Å². The number of rotatable bonds is 1. The number of hydrogen-bond donors (Lipinski definition) is 0. The first-order valence-electron chi connectivity index (χ1n) is 5.46. The molecule has 2 aliphatic rings. The zero-order chi connectivity index (χ0) is 8.55. The van der Waals surface area contributed by atoms with E-state index in [-0.39, 0.29) is 0 Å². The molecule has 70 valence electrons. The average molecular weight is 167 g/mol. The smallest absolute Gasteiger partial charge is 0.00124 e. The second-order valence-electron chi connectivity index (χ2n) is 4.91. The van der Waals surface area contributed by atoms with Crippen molar-refractivity contribution in [3.05, 3.63) is 0 Å². The number of hydrogen-bond acceptors (Lipinski definition) is 1. The van der Waals surface area contributed by atoms with Gasteiger partial charge in [-0.05, 0) is 24.8 Å². The summed E-state index contributed by atoms with van der Waals surface area (Å²) in [6.07, 6.45) is 6.03. The van der Waals surface area contributed by atoms with Crippen molar-refractivity contribution in [3.8, 4) is 0 Å². The van der Waals surface area contributed by atoms with Crippen LogP contribution in [0.1, 0.15) is 32.6 Å². The zero-order valence-corrected chi connectivity index (χ0v) is 8.42. The molecule has 0 spiro atoms. The third-order valence-electron chi connectivity index (χ3n) is 3.86. The summed E-state index contributed by atoms with van der Waals surface area (Å²) in [6, 6.07) is 0. The van der Waals surface area contributed by atoms with Crippen LogP contribution in [0.3, 0.4) is 0 Å². The van der Waals surface area contributed by atoms with Crippen LogP contribution in [0.2, 0.25) is 0 Å². The summed E-state index contributed by atoms with van der Waals surface area (Å²) >= 11 is 0. The summed E-state index contributed by atoms with van der Waals surface area (Å²) in [7, 11) is 2.27. The van der Waals surface area contributed by atoms with Crippen molar-refractivity contribution in [3.63, 3.8) is 0 Å². The highest BCUT2D eigenvalue weighted by atomic mass is 15.1. The molecular weight excluding hydrogens is 146 g/mol. The van der Waals surface area contributed by atoms with Crippen LogP contribution in [0.4, 0.5) is 0 Å². The summed E-state index contributed by atoms with van der Waals surface area (Å²) in [5.41, 5.74) is 0. The van der Waals surface area contributed by atoms with E-state index in [1.165, 1.54) is 38.8 Å². The fourth-order valence-electron chi connectivity index (χ4n) is 3.24. The molecule has 1 heteroatoms. The molecule has 1 aliphatic carbocycles. The zero-order valence-electron chi connectivity index (χ0n) is 8.42. The molecule has 0 aromatic carbocycles. The van der Waals surface area contributed by atoms with Crippen LogP contribution >= 0.6 is 0 Å². The Morgan fingerprint density at radius 3 is 2.25 bits per heavy atom. The molecule has 2 fully saturated rings. The van der Waals surface area contributed by atoms with Gasteiger partial charge in [0.25, 0.3) is 0 Å². The van der Waals surface area contributed by atoms with Gasteiger partial charge in [-0.25, -0.2) is 0 Å². The van der Waals surface area contributed by atoms with Crippen LogP contribution in [0.25, 0.3) is 0 Å². The molecule has 0 aromatic heterocycles. The highest BCUT2D eigenvalue weighted by Gasteiger charge is 2.34. The van der Waals surface area contributed by atoms with Gasteiger partial charge >= 0.3 is 0 Å². The van der Waals surface area contributed by atoms with Crippen molar-refractivity contribution in [2.75, 3.05) is 20.1 Å². The number of likely N-dealkylation sites (tertiary alicyclic amines) is 1. The normalized spacial score (nSPS) is 39.5. The van der Waals surface area contributed by atoms with Crippen molar-refractivity contribution < 1.29 is 0 Å². The van der Waals surface area contributed by atoms with Gasteiger partial charge in [0.2, 0.25) is 0 Å². The van der Waals surface area contributed by atoms with Gasteiger partial charge in [0.05, 0.1) is 0 Å². The molecule has 2 atom stereocenters. The lowest BCUT2D eigenvalue weighted by molar-refractivity contribution is 0.292. The van der Waals surface area contributed by atoms with Gasteiger partial charge in [-0.15, -0.1) is 0 Å². The second kappa shape index (κ2) is 3.37. The second-order valence-corrected chi connectivity index (χ2v) is 4.91. The first-order chi connectivity index (χ1) is 5.77. The molecule has 12 heavy (non-hydrogen) atoms. The van der Waals surface area contributed by atoms with Gasteiger partial charge in [0, 0.05) is 13.1 Å². The Labute approximate surface area is 76.1 Å². The maximum absolute atomic E-state index is 2.51. The molecule has 1 nitrogen and oxygen atoms in total. The van der Waals surface area contributed by atoms with Gasteiger partial charge in [-0.3, -0.25) is 0 Å². The summed E-state index contributed by atoms with van der Waals surface area (Å²) in [6.45, 7) is 5.14. The molecule has 1 saturated heterocycles. The SMILES string of the molecule is CC1CN(C)CC1C1CCCC1. The number of nitrogens with zero attached hydrogens (tertiary/aromatic N) is 1. The van der Waals surface area contributed by atoms with Crippen LogP contribution in [0.5, 0.6) is 0 Å². The van der Waals surface area contributed by atoms with Crippen molar-refractivity contribution >= 4 is 0 Å². The Morgan fingerprint density at radius 2 is 1.75 bits per heavy atom. The molecule has 0 aromatic rings. The van der Waals surface area contributed by atoms with E-state index < -0.39 is 0 Å². The molecule has 0 amide bonds. The minimum Gasteiger partial charge on any atom is -0.306 e. The van der Waals surface area contributed by atoms with Crippen LogP contribution in [-0.2, 0) is 0 Å². The van der Waals surface area contributed by atoms with E-state index >= 15 is 0 Å². The lowest BCUT2D eigenvalue weighted by Gasteiger charge is -2.21. The van der Waals surface area contributed by atoms with Gasteiger partial charge in [0.1, 0.15) is 0 Å². The van der Waals surface area contributed by atoms with E-state index in [1.54, 1.807) is 0 Å². The largest absolute Gasteiger partial charge is 0.306 e. The third kappa shape index (κ3) is 1.52. The standard InChI is InChI=1S/C11H21N/c1-9-7-12(2)8-11(9)10-5-3-4-6-10/h9-11H,3-8H2,1-2H3. The molecule has 0 N–H and O–H groups in total. The Kier molecular flexibility index (Phi) is 2.40. The Morgan fingerprint density at radius 1 is 1.08 bits per heavy atom. The van der Waals surface area contributed by atoms with E-state index in [0.29, 0.717) is 0 Å². The summed E-state index contributed by atoms with van der Waals surface area (Å²) in [5, 5.41) is 0. The van der Waals surface area contributed by atoms with Crippen molar-refractivity contribution in [1.29, 1.82) is 0 Å². The quantitative estimate of drug-likeness (QED) is 0.579. The maximum Gasteiger partial charge on any atom is 0.00124 e. The fourth-order valence-corrected chi connectivity index (χ4v) is 3.24.